The molecule has 3 nitrogen and oxygen atoms in total. The van der Waals surface area contributed by atoms with E-state index in [2.05, 4.69) is 15.9 Å². The predicted molar refractivity (Wildman–Crippen MR) is 87.7 cm³/mol. The van der Waals surface area contributed by atoms with E-state index in [1.807, 2.05) is 42.5 Å². The fourth-order valence-corrected chi connectivity index (χ4v) is 2.59. The summed E-state index contributed by atoms with van der Waals surface area (Å²) in [6.07, 6.45) is 0. The lowest BCUT2D eigenvalue weighted by Gasteiger charge is -2.13. The normalized spacial score (nSPS) is 10.2. The highest BCUT2D eigenvalue weighted by atomic mass is 79.9. The van der Waals surface area contributed by atoms with E-state index in [-0.39, 0.29) is 0 Å². The van der Waals surface area contributed by atoms with Crippen LogP contribution in [0.2, 0.25) is 0 Å². The van der Waals surface area contributed by atoms with E-state index in [1.54, 1.807) is 7.11 Å². The Bertz CT molecular complexity index is 589. The zero-order valence-electron chi connectivity index (χ0n) is 11.6. The van der Waals surface area contributed by atoms with Crippen LogP contribution in [0.15, 0.2) is 46.9 Å². The summed E-state index contributed by atoms with van der Waals surface area (Å²) in [7, 11) is 1.62. The van der Waals surface area contributed by atoms with Gasteiger partial charge in [0.2, 0.25) is 0 Å². The van der Waals surface area contributed by atoms with E-state index in [9.17, 15) is 0 Å². The third-order valence-electron chi connectivity index (χ3n) is 2.85. The summed E-state index contributed by atoms with van der Waals surface area (Å²) in [5.74, 6) is 2.58. The van der Waals surface area contributed by atoms with Crippen molar-refractivity contribution in [1.82, 2.24) is 0 Å². The third-order valence-corrected chi connectivity index (χ3v) is 3.76. The van der Waals surface area contributed by atoms with Gasteiger partial charge in [-0.2, -0.15) is 0 Å². The second-order valence-electron chi connectivity index (χ2n) is 4.21. The lowest BCUT2D eigenvalue weighted by atomic mass is 10.2. The first-order chi connectivity index (χ1) is 10.3. The summed E-state index contributed by atoms with van der Waals surface area (Å²) in [4.78, 5) is 0. The van der Waals surface area contributed by atoms with Gasteiger partial charge in [-0.3, -0.25) is 0 Å². The number of benzene rings is 2. The molecule has 0 aliphatic heterocycles. The van der Waals surface area contributed by atoms with Crippen LogP contribution < -0.4 is 14.2 Å². The van der Waals surface area contributed by atoms with Crippen LogP contribution in [0, 0.1) is 0 Å². The first kappa shape index (κ1) is 16.0. The average molecular weight is 372 g/mol. The fraction of sp³-hybridized carbons (Fsp3) is 0.250. The van der Waals surface area contributed by atoms with Crippen molar-refractivity contribution in [2.24, 2.45) is 0 Å². The molecule has 0 aliphatic rings. The third kappa shape index (κ3) is 4.29. The van der Waals surface area contributed by atoms with Crippen LogP contribution in [0.1, 0.15) is 5.56 Å². The van der Waals surface area contributed by atoms with Crippen LogP contribution in [0.25, 0.3) is 0 Å². The van der Waals surface area contributed by atoms with Crippen molar-refractivity contribution >= 4 is 27.5 Å². The second kappa shape index (κ2) is 8.15. The van der Waals surface area contributed by atoms with Gasteiger partial charge in [-0.25, -0.2) is 0 Å². The standard InChI is InChI=1S/C16H16BrClO3/c1-19-14-7-2-3-8-15(14)20-9-10-21-16-12(11-18)5-4-6-13(16)17/h2-8H,9-11H2,1H3. The maximum atomic E-state index is 5.90. The molecule has 0 bridgehead atoms. The number of rotatable bonds is 7. The van der Waals surface area contributed by atoms with Crippen molar-refractivity contribution in [3.8, 4) is 17.2 Å². The van der Waals surface area contributed by atoms with Crippen LogP contribution in [0.4, 0.5) is 0 Å². The first-order valence-electron chi connectivity index (χ1n) is 6.48. The molecule has 0 radical (unpaired) electrons. The van der Waals surface area contributed by atoms with Gasteiger partial charge in [-0.15, -0.1) is 11.6 Å². The Hall–Kier alpha value is -1.39. The van der Waals surface area contributed by atoms with Crippen molar-refractivity contribution < 1.29 is 14.2 Å². The van der Waals surface area contributed by atoms with Gasteiger partial charge in [0.05, 0.1) is 17.5 Å². The number of halogens is 2. The van der Waals surface area contributed by atoms with Crippen LogP contribution >= 0.6 is 27.5 Å². The zero-order chi connectivity index (χ0) is 15.1. The number of hydrogen-bond acceptors (Lipinski definition) is 3. The molecule has 0 saturated heterocycles. The minimum Gasteiger partial charge on any atom is -0.493 e. The van der Waals surface area contributed by atoms with Crippen LogP contribution in [0.3, 0.4) is 0 Å². The van der Waals surface area contributed by atoms with Crippen molar-refractivity contribution in [2.45, 2.75) is 5.88 Å². The molecule has 0 saturated carbocycles. The molecule has 2 aromatic rings. The molecule has 21 heavy (non-hydrogen) atoms. The Morgan fingerprint density at radius 1 is 0.952 bits per heavy atom. The summed E-state index contributed by atoms with van der Waals surface area (Å²) in [6.45, 7) is 0.841. The number of methoxy groups -OCH3 is 1. The molecule has 2 rings (SSSR count). The number of hydrogen-bond donors (Lipinski definition) is 0. The second-order valence-corrected chi connectivity index (χ2v) is 5.33. The quantitative estimate of drug-likeness (QED) is 0.523. The highest BCUT2D eigenvalue weighted by molar-refractivity contribution is 9.10. The van der Waals surface area contributed by atoms with Crippen LogP contribution in [-0.4, -0.2) is 20.3 Å². The average Bonchev–Trinajstić information content (AvgIpc) is 2.52. The number of ether oxygens (including phenoxy) is 3. The molecule has 2 aromatic carbocycles. The molecule has 5 heteroatoms. The smallest absolute Gasteiger partial charge is 0.161 e. The Morgan fingerprint density at radius 3 is 2.38 bits per heavy atom. The Kier molecular flexibility index (Phi) is 6.21. The largest absolute Gasteiger partial charge is 0.493 e. The molecule has 0 spiro atoms. The van der Waals surface area contributed by atoms with Crippen molar-refractivity contribution in [3.63, 3.8) is 0 Å². The van der Waals surface area contributed by atoms with Crippen LogP contribution in [0.5, 0.6) is 17.2 Å². The molecular weight excluding hydrogens is 356 g/mol. The lowest BCUT2D eigenvalue weighted by molar-refractivity contribution is 0.209. The Labute approximate surface area is 137 Å². The minimum absolute atomic E-state index is 0.405. The van der Waals surface area contributed by atoms with E-state index in [4.69, 9.17) is 25.8 Å². The molecule has 0 heterocycles. The van der Waals surface area contributed by atoms with Gasteiger partial charge < -0.3 is 14.2 Å². The van der Waals surface area contributed by atoms with E-state index >= 15 is 0 Å². The van der Waals surface area contributed by atoms with Crippen molar-refractivity contribution in [3.05, 3.63) is 52.5 Å². The summed E-state index contributed by atoms with van der Waals surface area (Å²) >= 11 is 9.37. The molecule has 0 atom stereocenters. The first-order valence-corrected chi connectivity index (χ1v) is 7.81. The minimum atomic E-state index is 0.405. The molecule has 0 aromatic heterocycles. The van der Waals surface area contributed by atoms with Gasteiger partial charge in [-0.1, -0.05) is 24.3 Å². The molecule has 0 unspecified atom stereocenters. The molecular formula is C16H16BrClO3. The van der Waals surface area contributed by atoms with Gasteiger partial charge in [0.15, 0.2) is 11.5 Å². The van der Waals surface area contributed by atoms with Gasteiger partial charge in [0.25, 0.3) is 0 Å². The topological polar surface area (TPSA) is 27.7 Å². The van der Waals surface area contributed by atoms with Gasteiger partial charge in [0, 0.05) is 5.56 Å². The van der Waals surface area contributed by atoms with E-state index < -0.39 is 0 Å². The maximum absolute atomic E-state index is 5.90. The van der Waals surface area contributed by atoms with Crippen molar-refractivity contribution in [2.75, 3.05) is 20.3 Å². The van der Waals surface area contributed by atoms with Crippen LogP contribution in [-0.2, 0) is 5.88 Å². The highest BCUT2D eigenvalue weighted by Gasteiger charge is 2.08. The molecule has 0 aliphatic carbocycles. The highest BCUT2D eigenvalue weighted by Crippen LogP contribution is 2.30. The molecule has 112 valence electrons. The van der Waals surface area contributed by atoms with E-state index in [0.29, 0.717) is 30.6 Å². The Balaban J connectivity index is 1.91. The summed E-state index contributed by atoms with van der Waals surface area (Å²) < 4.78 is 17.5. The lowest BCUT2D eigenvalue weighted by Crippen LogP contribution is -2.10. The number of para-hydroxylation sites is 3. The predicted octanol–water partition coefficient (Wildman–Crippen LogP) is 4.65. The maximum Gasteiger partial charge on any atom is 0.161 e. The van der Waals surface area contributed by atoms with E-state index in [1.165, 1.54) is 0 Å². The zero-order valence-corrected chi connectivity index (χ0v) is 14.0. The Morgan fingerprint density at radius 2 is 1.67 bits per heavy atom. The fourth-order valence-electron chi connectivity index (χ4n) is 1.85. The number of alkyl halides is 1. The summed E-state index contributed by atoms with van der Waals surface area (Å²) in [5.41, 5.74) is 0.948. The SMILES string of the molecule is COc1ccccc1OCCOc1c(Br)cccc1CCl. The van der Waals surface area contributed by atoms with Gasteiger partial charge >= 0.3 is 0 Å². The molecule has 0 fully saturated rings. The monoisotopic (exact) mass is 370 g/mol. The van der Waals surface area contributed by atoms with Gasteiger partial charge in [0.1, 0.15) is 19.0 Å². The molecule has 0 amide bonds. The van der Waals surface area contributed by atoms with Gasteiger partial charge in [-0.05, 0) is 34.1 Å². The summed E-state index contributed by atoms with van der Waals surface area (Å²) in [6, 6.07) is 13.3. The summed E-state index contributed by atoms with van der Waals surface area (Å²) in [5, 5.41) is 0. The van der Waals surface area contributed by atoms with Crippen molar-refractivity contribution in [1.29, 1.82) is 0 Å². The molecule has 0 N–H and O–H groups in total. The van der Waals surface area contributed by atoms with E-state index in [0.717, 1.165) is 15.8 Å².